The second-order valence-corrected chi connectivity index (χ2v) is 3.61. The largest absolute Gasteiger partial charge is 0.488 e. The Morgan fingerprint density at radius 2 is 2.46 bits per heavy atom. The summed E-state index contributed by atoms with van der Waals surface area (Å²) < 4.78 is 5.56. The summed E-state index contributed by atoms with van der Waals surface area (Å²) in [5.41, 5.74) is 3.29. The summed E-state index contributed by atoms with van der Waals surface area (Å²) >= 11 is 4.22. The fourth-order valence-corrected chi connectivity index (χ4v) is 1.70. The van der Waals surface area contributed by atoms with Gasteiger partial charge in [0.05, 0.1) is 6.54 Å². The standard InChI is InChI=1S/C9H11NO2S/c11-10-5-7-3-6-1-2-8(13)4-9(6)12-7/h1-2,4,7,10-11,13H,3,5H2. The van der Waals surface area contributed by atoms with E-state index in [1.165, 1.54) is 5.56 Å². The molecule has 1 aliphatic rings. The number of benzene rings is 1. The van der Waals surface area contributed by atoms with Crippen LogP contribution in [-0.4, -0.2) is 17.9 Å². The first-order valence-corrected chi connectivity index (χ1v) is 4.60. The molecule has 70 valence electrons. The Bertz CT molecular complexity index is 316. The van der Waals surface area contributed by atoms with Gasteiger partial charge in [0.2, 0.25) is 0 Å². The number of hydrogen-bond donors (Lipinski definition) is 3. The van der Waals surface area contributed by atoms with E-state index in [-0.39, 0.29) is 6.10 Å². The van der Waals surface area contributed by atoms with Crippen LogP contribution in [0.4, 0.5) is 0 Å². The van der Waals surface area contributed by atoms with Crippen molar-refractivity contribution in [3.05, 3.63) is 23.8 Å². The Morgan fingerprint density at radius 3 is 3.23 bits per heavy atom. The van der Waals surface area contributed by atoms with E-state index in [4.69, 9.17) is 9.94 Å². The van der Waals surface area contributed by atoms with Crippen molar-refractivity contribution in [1.29, 1.82) is 0 Å². The molecule has 13 heavy (non-hydrogen) atoms. The SMILES string of the molecule is ONCC1Cc2ccc(S)cc2O1. The zero-order valence-corrected chi connectivity index (χ0v) is 7.92. The monoisotopic (exact) mass is 197 g/mol. The van der Waals surface area contributed by atoms with Crippen molar-refractivity contribution in [2.75, 3.05) is 6.54 Å². The predicted molar refractivity (Wildman–Crippen MR) is 51.6 cm³/mol. The van der Waals surface area contributed by atoms with E-state index in [0.29, 0.717) is 6.54 Å². The van der Waals surface area contributed by atoms with Crippen molar-refractivity contribution in [2.45, 2.75) is 17.4 Å². The third-order valence-electron chi connectivity index (χ3n) is 2.11. The molecule has 4 heteroatoms. The summed E-state index contributed by atoms with van der Waals surface area (Å²) in [5, 5.41) is 8.52. The van der Waals surface area contributed by atoms with Crippen molar-refractivity contribution in [1.82, 2.24) is 5.48 Å². The fourth-order valence-electron chi connectivity index (χ4n) is 1.50. The van der Waals surface area contributed by atoms with Gasteiger partial charge in [-0.1, -0.05) is 6.07 Å². The van der Waals surface area contributed by atoms with Crippen molar-refractivity contribution in [2.24, 2.45) is 0 Å². The van der Waals surface area contributed by atoms with Crippen LogP contribution in [-0.2, 0) is 6.42 Å². The highest BCUT2D eigenvalue weighted by Crippen LogP contribution is 2.30. The molecule has 2 rings (SSSR count). The average molecular weight is 197 g/mol. The summed E-state index contributed by atoms with van der Waals surface area (Å²) in [4.78, 5) is 0.899. The Morgan fingerprint density at radius 1 is 1.62 bits per heavy atom. The van der Waals surface area contributed by atoms with Gasteiger partial charge in [-0.25, -0.2) is 5.48 Å². The number of fused-ring (bicyclic) bond motifs is 1. The van der Waals surface area contributed by atoms with Crippen LogP contribution in [0.1, 0.15) is 5.56 Å². The quantitative estimate of drug-likeness (QED) is 0.494. The zero-order valence-electron chi connectivity index (χ0n) is 7.03. The molecule has 0 aromatic heterocycles. The molecule has 3 nitrogen and oxygen atoms in total. The maximum absolute atomic E-state index is 8.52. The van der Waals surface area contributed by atoms with Gasteiger partial charge in [-0.3, -0.25) is 0 Å². The fraction of sp³-hybridized carbons (Fsp3) is 0.333. The number of thiol groups is 1. The normalized spacial score (nSPS) is 19.7. The van der Waals surface area contributed by atoms with Crippen LogP contribution in [0.2, 0.25) is 0 Å². The van der Waals surface area contributed by atoms with Crippen LogP contribution >= 0.6 is 12.6 Å². The maximum atomic E-state index is 8.52. The smallest absolute Gasteiger partial charge is 0.124 e. The number of rotatable bonds is 2. The number of hydroxylamine groups is 1. The Labute approximate surface area is 82.1 Å². The topological polar surface area (TPSA) is 41.5 Å². The minimum Gasteiger partial charge on any atom is -0.488 e. The Balaban J connectivity index is 2.16. The minimum absolute atomic E-state index is 0.0372. The van der Waals surface area contributed by atoms with Crippen LogP contribution in [0.5, 0.6) is 5.75 Å². The van der Waals surface area contributed by atoms with Gasteiger partial charge >= 0.3 is 0 Å². The highest BCUT2D eigenvalue weighted by Gasteiger charge is 2.21. The van der Waals surface area contributed by atoms with E-state index < -0.39 is 0 Å². The first kappa shape index (κ1) is 8.87. The molecule has 1 heterocycles. The van der Waals surface area contributed by atoms with Gasteiger partial charge in [-0.2, -0.15) is 0 Å². The number of hydrogen-bond acceptors (Lipinski definition) is 4. The molecule has 2 N–H and O–H groups in total. The second-order valence-electron chi connectivity index (χ2n) is 3.10. The van der Waals surface area contributed by atoms with Crippen LogP contribution in [0.15, 0.2) is 23.1 Å². The van der Waals surface area contributed by atoms with Crippen LogP contribution in [0.25, 0.3) is 0 Å². The van der Waals surface area contributed by atoms with Gasteiger partial charge in [-0.05, 0) is 17.7 Å². The summed E-state index contributed by atoms with van der Waals surface area (Å²) in [5.74, 6) is 0.882. The van der Waals surface area contributed by atoms with Crippen molar-refractivity contribution in [3.8, 4) is 5.75 Å². The lowest BCUT2D eigenvalue weighted by molar-refractivity contribution is 0.115. The molecular weight excluding hydrogens is 186 g/mol. The summed E-state index contributed by atoms with van der Waals surface area (Å²) in [6.45, 7) is 0.455. The first-order valence-electron chi connectivity index (χ1n) is 4.15. The highest BCUT2D eigenvalue weighted by atomic mass is 32.1. The van der Waals surface area contributed by atoms with Gasteiger partial charge < -0.3 is 9.94 Å². The third-order valence-corrected chi connectivity index (χ3v) is 2.39. The number of ether oxygens (including phenoxy) is 1. The van der Waals surface area contributed by atoms with Crippen LogP contribution in [0.3, 0.4) is 0 Å². The Kier molecular flexibility index (Phi) is 2.44. The minimum atomic E-state index is 0.0372. The lowest BCUT2D eigenvalue weighted by Gasteiger charge is -2.07. The average Bonchev–Trinajstić information content (AvgIpc) is 2.46. The molecule has 1 aliphatic heterocycles. The summed E-state index contributed by atoms with van der Waals surface area (Å²) in [7, 11) is 0. The van der Waals surface area contributed by atoms with E-state index in [9.17, 15) is 0 Å². The van der Waals surface area contributed by atoms with Gasteiger partial charge in [0, 0.05) is 11.3 Å². The van der Waals surface area contributed by atoms with Crippen LogP contribution < -0.4 is 10.2 Å². The predicted octanol–water partition coefficient (Wildman–Crippen LogP) is 1.26. The van der Waals surface area contributed by atoms with E-state index in [0.717, 1.165) is 17.1 Å². The summed E-state index contributed by atoms with van der Waals surface area (Å²) in [6, 6.07) is 5.85. The van der Waals surface area contributed by atoms with Crippen LogP contribution in [0, 0.1) is 0 Å². The molecule has 1 aromatic rings. The van der Waals surface area contributed by atoms with Crippen molar-refractivity contribution < 1.29 is 9.94 Å². The summed E-state index contributed by atoms with van der Waals surface area (Å²) in [6.07, 6.45) is 0.881. The van der Waals surface area contributed by atoms with Gasteiger partial charge in [0.15, 0.2) is 0 Å². The zero-order chi connectivity index (χ0) is 9.26. The molecule has 0 aliphatic carbocycles. The molecule has 0 bridgehead atoms. The van der Waals surface area contributed by atoms with E-state index in [1.807, 2.05) is 18.2 Å². The first-order chi connectivity index (χ1) is 6.29. The van der Waals surface area contributed by atoms with E-state index in [2.05, 4.69) is 18.1 Å². The van der Waals surface area contributed by atoms with Gasteiger partial charge in [0.25, 0.3) is 0 Å². The second kappa shape index (κ2) is 3.57. The molecule has 0 fully saturated rings. The molecule has 0 spiro atoms. The lowest BCUT2D eigenvalue weighted by atomic mass is 10.1. The molecule has 1 aromatic carbocycles. The maximum Gasteiger partial charge on any atom is 0.124 e. The van der Waals surface area contributed by atoms with Gasteiger partial charge in [0.1, 0.15) is 11.9 Å². The molecule has 0 saturated heterocycles. The molecule has 0 radical (unpaired) electrons. The van der Waals surface area contributed by atoms with Gasteiger partial charge in [-0.15, -0.1) is 12.6 Å². The Hall–Kier alpha value is -0.710. The molecular formula is C9H11NO2S. The van der Waals surface area contributed by atoms with E-state index >= 15 is 0 Å². The van der Waals surface area contributed by atoms with E-state index in [1.54, 1.807) is 0 Å². The molecule has 1 unspecified atom stereocenters. The van der Waals surface area contributed by atoms with Crippen molar-refractivity contribution in [3.63, 3.8) is 0 Å². The molecule has 1 atom stereocenters. The lowest BCUT2D eigenvalue weighted by Crippen LogP contribution is -2.27. The third kappa shape index (κ3) is 1.80. The molecule has 0 saturated carbocycles. The van der Waals surface area contributed by atoms with Crippen molar-refractivity contribution >= 4 is 12.6 Å². The molecule has 0 amide bonds. The highest BCUT2D eigenvalue weighted by molar-refractivity contribution is 7.80. The number of nitrogens with one attached hydrogen (secondary N) is 1.